The van der Waals surface area contributed by atoms with Gasteiger partial charge in [0.05, 0.1) is 11.3 Å². The molecule has 1 aliphatic heterocycles. The van der Waals surface area contributed by atoms with Crippen LogP contribution in [0.4, 0.5) is 23.7 Å². The van der Waals surface area contributed by atoms with Gasteiger partial charge in [-0.15, -0.1) is 0 Å². The molecule has 18 heavy (non-hydrogen) atoms. The summed E-state index contributed by atoms with van der Waals surface area (Å²) in [6, 6.07) is 3.58. The van der Waals surface area contributed by atoms with Crippen molar-refractivity contribution in [2.45, 2.75) is 6.18 Å². The maximum absolute atomic E-state index is 12.3. The van der Waals surface area contributed by atoms with Gasteiger partial charge in [-0.05, 0) is 30.8 Å². The maximum Gasteiger partial charge on any atom is 0.427 e. The summed E-state index contributed by atoms with van der Waals surface area (Å²) in [4.78, 5) is 23.3. The van der Waals surface area contributed by atoms with Crippen LogP contribution in [0.3, 0.4) is 0 Å². The topological polar surface area (TPSA) is 46.6 Å². The molecule has 1 aromatic rings. The van der Waals surface area contributed by atoms with Crippen LogP contribution in [-0.2, 0) is 15.7 Å². The Kier molecular flexibility index (Phi) is 2.61. The Bertz CT molecular complexity index is 533. The van der Waals surface area contributed by atoms with Gasteiger partial charge in [0.1, 0.15) is 0 Å². The van der Waals surface area contributed by atoms with Gasteiger partial charge >= 0.3 is 18.2 Å². The highest BCUT2D eigenvalue weighted by Gasteiger charge is 2.37. The summed E-state index contributed by atoms with van der Waals surface area (Å²) in [7, 11) is 0. The molecule has 0 saturated carbocycles. The number of halogens is 3. The van der Waals surface area contributed by atoms with Crippen molar-refractivity contribution in [1.82, 2.24) is 0 Å². The van der Waals surface area contributed by atoms with Crippen LogP contribution >= 0.6 is 0 Å². The Morgan fingerprint density at radius 3 is 2.06 bits per heavy atom. The number of ether oxygens (including phenoxy) is 1. The lowest BCUT2D eigenvalue weighted by molar-refractivity contribution is -0.137. The van der Waals surface area contributed by atoms with Crippen molar-refractivity contribution in [3.63, 3.8) is 0 Å². The van der Waals surface area contributed by atoms with E-state index in [4.69, 9.17) is 0 Å². The van der Waals surface area contributed by atoms with E-state index in [0.717, 1.165) is 24.3 Å². The van der Waals surface area contributed by atoms with Gasteiger partial charge in [-0.2, -0.15) is 13.2 Å². The smallest absolute Gasteiger partial charge is 0.404 e. The van der Waals surface area contributed by atoms with Crippen LogP contribution in [-0.4, -0.2) is 12.0 Å². The average molecular weight is 257 g/mol. The molecule has 0 spiro atoms. The summed E-state index contributed by atoms with van der Waals surface area (Å²) in [6.07, 6.45) is -5.46. The molecule has 0 aromatic heterocycles. The average Bonchev–Trinajstić information content (AvgIpc) is 2.52. The summed E-state index contributed by atoms with van der Waals surface area (Å²) < 4.78 is 41.4. The number of rotatable bonds is 1. The molecule has 0 atom stereocenters. The highest BCUT2D eigenvalue weighted by atomic mass is 19.4. The number of hydrogen-bond acceptors (Lipinski definition) is 3. The van der Waals surface area contributed by atoms with Gasteiger partial charge in [0.2, 0.25) is 0 Å². The van der Waals surface area contributed by atoms with Crippen LogP contribution in [0.2, 0.25) is 0 Å². The molecule has 0 unspecified atom stereocenters. The molecule has 0 radical (unpaired) electrons. The fourth-order valence-electron chi connectivity index (χ4n) is 1.42. The monoisotopic (exact) mass is 257 g/mol. The van der Waals surface area contributed by atoms with Crippen LogP contribution < -0.4 is 4.90 Å². The summed E-state index contributed by atoms with van der Waals surface area (Å²) in [5.74, 6) is -1.15. The van der Waals surface area contributed by atoms with E-state index in [0.29, 0.717) is 4.90 Å². The first-order valence-electron chi connectivity index (χ1n) is 4.73. The third-order valence-electron chi connectivity index (χ3n) is 2.29. The minimum atomic E-state index is -4.47. The molecular weight excluding hydrogens is 251 g/mol. The lowest BCUT2D eigenvalue weighted by Crippen LogP contribution is -2.28. The summed E-state index contributed by atoms with van der Waals surface area (Å²) in [6.45, 7) is 3.20. The summed E-state index contributed by atoms with van der Waals surface area (Å²) in [5.41, 5.74) is -0.873. The second-order valence-corrected chi connectivity index (χ2v) is 3.48. The van der Waals surface area contributed by atoms with Gasteiger partial charge in [-0.3, -0.25) is 4.79 Å². The molecule has 1 heterocycles. The van der Waals surface area contributed by atoms with E-state index in [9.17, 15) is 22.8 Å². The van der Waals surface area contributed by atoms with Crippen molar-refractivity contribution < 1.29 is 27.5 Å². The van der Waals surface area contributed by atoms with Crippen LogP contribution in [0.5, 0.6) is 0 Å². The van der Waals surface area contributed by atoms with Gasteiger partial charge < -0.3 is 4.74 Å². The van der Waals surface area contributed by atoms with Crippen LogP contribution in [0.1, 0.15) is 5.56 Å². The highest BCUT2D eigenvalue weighted by Crippen LogP contribution is 2.31. The Labute approximate surface area is 99.3 Å². The molecule has 94 valence electrons. The van der Waals surface area contributed by atoms with Crippen LogP contribution in [0.15, 0.2) is 36.6 Å². The van der Waals surface area contributed by atoms with Crippen molar-refractivity contribution in [1.29, 1.82) is 0 Å². The third kappa shape index (κ3) is 1.94. The van der Waals surface area contributed by atoms with Crippen LogP contribution in [0.25, 0.3) is 0 Å². The first-order chi connectivity index (χ1) is 8.30. The molecule has 1 aromatic carbocycles. The lowest BCUT2D eigenvalue weighted by Gasteiger charge is -2.12. The van der Waals surface area contributed by atoms with Crippen molar-refractivity contribution in [3.8, 4) is 0 Å². The van der Waals surface area contributed by atoms with Crippen molar-refractivity contribution >= 4 is 17.7 Å². The summed E-state index contributed by atoms with van der Waals surface area (Å²) in [5, 5.41) is 0. The van der Waals surface area contributed by atoms with E-state index in [1.807, 2.05) is 0 Å². The van der Waals surface area contributed by atoms with E-state index in [2.05, 4.69) is 11.3 Å². The van der Waals surface area contributed by atoms with Crippen molar-refractivity contribution in [2.24, 2.45) is 0 Å². The molecule has 1 aliphatic rings. The molecule has 1 saturated heterocycles. The van der Waals surface area contributed by atoms with E-state index in [1.54, 1.807) is 0 Å². The summed E-state index contributed by atoms with van der Waals surface area (Å²) >= 11 is 0. The number of nitrogens with zero attached hydrogens (tertiary/aromatic N) is 1. The van der Waals surface area contributed by atoms with E-state index in [-0.39, 0.29) is 11.4 Å². The van der Waals surface area contributed by atoms with Gasteiger partial charge in [-0.1, -0.05) is 0 Å². The second-order valence-electron chi connectivity index (χ2n) is 3.48. The zero-order valence-corrected chi connectivity index (χ0v) is 8.82. The predicted molar refractivity (Wildman–Crippen MR) is 54.6 cm³/mol. The number of imide groups is 1. The number of carbonyl (C=O) groups is 2. The molecule has 0 bridgehead atoms. The Balaban J connectivity index is 2.33. The Morgan fingerprint density at radius 1 is 1.11 bits per heavy atom. The van der Waals surface area contributed by atoms with E-state index >= 15 is 0 Å². The van der Waals surface area contributed by atoms with Gasteiger partial charge in [0.25, 0.3) is 0 Å². The normalized spacial score (nSPS) is 16.2. The second kappa shape index (κ2) is 3.86. The highest BCUT2D eigenvalue weighted by molar-refractivity contribution is 6.23. The number of cyclic esters (lactones) is 1. The maximum atomic E-state index is 12.3. The Morgan fingerprint density at radius 2 is 1.67 bits per heavy atom. The number of anilines is 1. The number of benzene rings is 1. The SMILES string of the molecule is C=C1OC(=O)N(c2ccc(C(F)(F)F)cc2)C1=O. The molecule has 2 amide bonds. The number of hydrogen-bond donors (Lipinski definition) is 0. The number of carbonyl (C=O) groups excluding carboxylic acids is 2. The van der Waals surface area contributed by atoms with Gasteiger partial charge in [0.15, 0.2) is 5.76 Å². The largest absolute Gasteiger partial charge is 0.427 e. The van der Waals surface area contributed by atoms with Gasteiger partial charge in [-0.25, -0.2) is 9.69 Å². The lowest BCUT2D eigenvalue weighted by atomic mass is 10.2. The van der Waals surface area contributed by atoms with Crippen molar-refractivity contribution in [2.75, 3.05) is 4.90 Å². The minimum Gasteiger partial charge on any atom is -0.404 e. The first-order valence-corrected chi connectivity index (χ1v) is 4.73. The fraction of sp³-hybridized carbons (Fsp3) is 0.0909. The zero-order valence-electron chi connectivity index (χ0n) is 8.82. The molecule has 0 aliphatic carbocycles. The van der Waals surface area contributed by atoms with E-state index < -0.39 is 23.7 Å². The Hall–Kier alpha value is -2.31. The predicted octanol–water partition coefficient (Wildman–Crippen LogP) is 2.70. The molecule has 2 rings (SSSR count). The van der Waals surface area contributed by atoms with Crippen LogP contribution in [0, 0.1) is 0 Å². The zero-order chi connectivity index (χ0) is 13.5. The molecule has 0 N–H and O–H groups in total. The molecule has 1 fully saturated rings. The standard InChI is InChI=1S/C11H6F3NO3/c1-6-9(16)15(10(17)18-6)8-4-2-7(3-5-8)11(12,13)14/h2-5H,1H2. The number of alkyl halides is 3. The van der Waals surface area contributed by atoms with E-state index in [1.165, 1.54) is 0 Å². The molecule has 7 heteroatoms. The molecular formula is C11H6F3NO3. The van der Waals surface area contributed by atoms with Gasteiger partial charge in [0, 0.05) is 0 Å². The van der Waals surface area contributed by atoms with Crippen molar-refractivity contribution in [3.05, 3.63) is 42.2 Å². The number of amides is 2. The third-order valence-corrected chi connectivity index (χ3v) is 2.29. The first kappa shape index (κ1) is 12.2. The molecule has 4 nitrogen and oxygen atoms in total. The fourth-order valence-corrected chi connectivity index (χ4v) is 1.42. The minimum absolute atomic E-state index is 0.00310. The quantitative estimate of drug-likeness (QED) is 0.726.